The first-order chi connectivity index (χ1) is 15.6. The highest BCUT2D eigenvalue weighted by atomic mass is 14.5. The molecule has 1 atom stereocenters. The second-order valence-corrected chi connectivity index (χ2v) is 7.94. The Morgan fingerprint density at radius 2 is 1.56 bits per heavy atom. The second-order valence-electron chi connectivity index (χ2n) is 7.94. The maximum Gasteiger partial charge on any atom is 0.0716 e. The minimum absolute atomic E-state index is 0.510. The van der Waals surface area contributed by atoms with Crippen LogP contribution < -0.4 is 5.73 Å². The predicted octanol–water partition coefficient (Wildman–Crippen LogP) is 7.88. The van der Waals surface area contributed by atoms with Crippen LogP contribution in [-0.4, -0.2) is 0 Å². The molecule has 0 amide bonds. The van der Waals surface area contributed by atoms with Crippen molar-refractivity contribution in [1.82, 2.24) is 0 Å². The third-order valence-electron chi connectivity index (χ3n) is 6.36. The number of benzene rings is 3. The molecular weight excluding hydrogens is 386 g/mol. The van der Waals surface area contributed by atoms with Crippen LogP contribution >= 0.6 is 0 Å². The molecule has 0 fully saturated rings. The van der Waals surface area contributed by atoms with Crippen LogP contribution in [0.5, 0.6) is 0 Å². The van der Waals surface area contributed by atoms with Gasteiger partial charge in [0.2, 0.25) is 0 Å². The van der Waals surface area contributed by atoms with Crippen LogP contribution in [0.4, 0.5) is 5.69 Å². The van der Waals surface area contributed by atoms with E-state index in [9.17, 15) is 0 Å². The van der Waals surface area contributed by atoms with Crippen molar-refractivity contribution in [3.05, 3.63) is 144 Å². The summed E-state index contributed by atoms with van der Waals surface area (Å²) >= 11 is 0. The van der Waals surface area contributed by atoms with E-state index in [4.69, 9.17) is 5.73 Å². The van der Waals surface area contributed by atoms with Gasteiger partial charge in [-0.1, -0.05) is 104 Å². The second kappa shape index (κ2) is 8.72. The highest BCUT2D eigenvalue weighted by Crippen LogP contribution is 2.60. The first-order valence-corrected chi connectivity index (χ1v) is 11.0. The summed E-state index contributed by atoms with van der Waals surface area (Å²) in [6.07, 6.45) is 10.4. The van der Waals surface area contributed by atoms with Crippen LogP contribution in [0.1, 0.15) is 30.5 Å². The molecule has 1 heteroatoms. The molecule has 1 unspecified atom stereocenters. The zero-order valence-corrected chi connectivity index (χ0v) is 18.8. The predicted molar refractivity (Wildman–Crippen MR) is 139 cm³/mol. The van der Waals surface area contributed by atoms with E-state index in [0.29, 0.717) is 0 Å². The molecule has 1 nitrogen and oxygen atoms in total. The lowest BCUT2D eigenvalue weighted by Crippen LogP contribution is -2.29. The zero-order chi connectivity index (χ0) is 22.7. The molecule has 0 spiro atoms. The summed E-state index contributed by atoms with van der Waals surface area (Å²) in [7, 11) is 0. The van der Waals surface area contributed by atoms with Crippen molar-refractivity contribution in [3.63, 3.8) is 0 Å². The van der Waals surface area contributed by atoms with Crippen LogP contribution in [0.3, 0.4) is 0 Å². The molecule has 0 aromatic heterocycles. The maximum atomic E-state index is 6.20. The first-order valence-electron chi connectivity index (χ1n) is 11.0. The number of anilines is 1. The molecule has 0 saturated heterocycles. The standard InChI is InChI=1S/C31H29N/c1-5-14-23(6-2)31(24-16-10-9-11-17-24)29(8-4)26(7-3)28-20-13-19-27(30(28)31)22-15-12-18-25(32)21-22/h5-21H,1-2,32H2,3-4H3/b23-14+,26-7-,29-8+. The lowest BCUT2D eigenvalue weighted by Gasteiger charge is -2.36. The molecule has 32 heavy (non-hydrogen) atoms. The van der Waals surface area contributed by atoms with E-state index in [1.54, 1.807) is 0 Å². The van der Waals surface area contributed by atoms with Gasteiger partial charge in [-0.3, -0.25) is 0 Å². The van der Waals surface area contributed by atoms with Crippen molar-refractivity contribution in [2.45, 2.75) is 19.3 Å². The van der Waals surface area contributed by atoms with Gasteiger partial charge < -0.3 is 5.73 Å². The summed E-state index contributed by atoms with van der Waals surface area (Å²) in [6, 6.07) is 25.4. The summed E-state index contributed by atoms with van der Waals surface area (Å²) in [4.78, 5) is 0. The smallest absolute Gasteiger partial charge is 0.0716 e. The molecule has 1 aliphatic rings. The quantitative estimate of drug-likeness (QED) is 0.333. The summed E-state index contributed by atoms with van der Waals surface area (Å²) in [5, 5.41) is 0. The fourth-order valence-electron chi connectivity index (χ4n) is 5.22. The Kier molecular flexibility index (Phi) is 5.83. The number of nitrogens with two attached hydrogens (primary N) is 1. The minimum Gasteiger partial charge on any atom is -0.399 e. The van der Waals surface area contributed by atoms with E-state index in [2.05, 4.69) is 106 Å². The van der Waals surface area contributed by atoms with Gasteiger partial charge in [0.25, 0.3) is 0 Å². The average Bonchev–Trinajstić information content (AvgIpc) is 3.13. The molecule has 0 bridgehead atoms. The number of hydrogen-bond donors (Lipinski definition) is 1. The van der Waals surface area contributed by atoms with E-state index in [1.165, 1.54) is 33.4 Å². The maximum absolute atomic E-state index is 6.20. The van der Waals surface area contributed by atoms with Gasteiger partial charge in [-0.15, -0.1) is 0 Å². The van der Waals surface area contributed by atoms with Crippen molar-refractivity contribution >= 4 is 11.3 Å². The van der Waals surface area contributed by atoms with E-state index in [-0.39, 0.29) is 0 Å². The van der Waals surface area contributed by atoms with Gasteiger partial charge in [0.15, 0.2) is 0 Å². The Balaban J connectivity index is 2.25. The highest BCUT2D eigenvalue weighted by Gasteiger charge is 2.49. The van der Waals surface area contributed by atoms with Gasteiger partial charge >= 0.3 is 0 Å². The monoisotopic (exact) mass is 415 g/mol. The van der Waals surface area contributed by atoms with Gasteiger partial charge in [0.05, 0.1) is 5.41 Å². The molecule has 0 aliphatic heterocycles. The molecule has 1 aliphatic carbocycles. The number of rotatable bonds is 5. The van der Waals surface area contributed by atoms with Crippen LogP contribution in [0.2, 0.25) is 0 Å². The lowest BCUT2D eigenvalue weighted by molar-refractivity contribution is 0.768. The fraction of sp³-hybridized carbons (Fsp3) is 0.0968. The van der Waals surface area contributed by atoms with Crippen LogP contribution in [0.15, 0.2) is 127 Å². The van der Waals surface area contributed by atoms with E-state index >= 15 is 0 Å². The summed E-state index contributed by atoms with van der Waals surface area (Å²) in [5.41, 5.74) is 16.0. The fourth-order valence-corrected chi connectivity index (χ4v) is 5.22. The molecule has 0 saturated carbocycles. The third kappa shape index (κ3) is 3.09. The molecule has 158 valence electrons. The third-order valence-corrected chi connectivity index (χ3v) is 6.36. The Bertz CT molecular complexity index is 1270. The Labute approximate surface area is 191 Å². The van der Waals surface area contributed by atoms with Crippen LogP contribution in [0.25, 0.3) is 16.7 Å². The molecular formula is C31H29N. The molecule has 4 rings (SSSR count). The topological polar surface area (TPSA) is 26.0 Å². The molecule has 3 aromatic carbocycles. The summed E-state index contributed by atoms with van der Waals surface area (Å²) < 4.78 is 0. The van der Waals surface area contributed by atoms with E-state index < -0.39 is 5.41 Å². The lowest BCUT2D eigenvalue weighted by atomic mass is 9.65. The van der Waals surface area contributed by atoms with E-state index in [0.717, 1.165) is 16.8 Å². The van der Waals surface area contributed by atoms with Gasteiger partial charge in [0, 0.05) is 5.69 Å². The molecule has 0 radical (unpaired) electrons. The van der Waals surface area contributed by atoms with Crippen LogP contribution in [-0.2, 0) is 5.41 Å². The van der Waals surface area contributed by atoms with Gasteiger partial charge in [-0.25, -0.2) is 0 Å². The van der Waals surface area contributed by atoms with Gasteiger partial charge in [0.1, 0.15) is 0 Å². The Morgan fingerprint density at radius 3 is 2.19 bits per heavy atom. The van der Waals surface area contributed by atoms with Crippen molar-refractivity contribution < 1.29 is 0 Å². The molecule has 3 aromatic rings. The summed E-state index contributed by atoms with van der Waals surface area (Å²) in [5.74, 6) is 0. The normalized spacial score (nSPS) is 20.4. The number of nitrogen functional groups attached to an aromatic ring is 1. The summed E-state index contributed by atoms with van der Waals surface area (Å²) in [6.45, 7) is 12.5. The Hall–Kier alpha value is -3.84. The molecule has 0 heterocycles. The van der Waals surface area contributed by atoms with Crippen molar-refractivity contribution in [2.75, 3.05) is 5.73 Å². The van der Waals surface area contributed by atoms with Crippen molar-refractivity contribution in [2.24, 2.45) is 0 Å². The number of fused-ring (bicyclic) bond motifs is 1. The van der Waals surface area contributed by atoms with Crippen molar-refractivity contribution in [1.29, 1.82) is 0 Å². The Morgan fingerprint density at radius 1 is 0.844 bits per heavy atom. The highest BCUT2D eigenvalue weighted by molar-refractivity contribution is 5.98. The number of allylic oxidation sites excluding steroid dienone is 8. The molecule has 2 N–H and O–H groups in total. The van der Waals surface area contributed by atoms with Crippen molar-refractivity contribution in [3.8, 4) is 11.1 Å². The van der Waals surface area contributed by atoms with Gasteiger partial charge in [-0.05, 0) is 70.5 Å². The van der Waals surface area contributed by atoms with E-state index in [1.807, 2.05) is 24.3 Å². The SMILES string of the molecule is C=C/C=C(\C=C)C1(c2ccccc2)C(=C/C)/C(=C\C)c2cccc(-c3cccc(N)c3)c21. The first kappa shape index (κ1) is 21.4. The number of hydrogen-bond acceptors (Lipinski definition) is 1. The zero-order valence-electron chi connectivity index (χ0n) is 18.8. The van der Waals surface area contributed by atoms with Crippen LogP contribution in [0, 0.1) is 0 Å². The minimum atomic E-state index is -0.510. The van der Waals surface area contributed by atoms with Gasteiger partial charge in [-0.2, -0.15) is 0 Å². The largest absolute Gasteiger partial charge is 0.399 e. The average molecular weight is 416 g/mol.